The molecule has 0 spiro atoms. The van der Waals surface area contributed by atoms with Crippen molar-refractivity contribution in [3.8, 4) is 17.1 Å². The minimum absolute atomic E-state index is 0.113. The van der Waals surface area contributed by atoms with Crippen LogP contribution in [0.15, 0.2) is 35.5 Å². The molecule has 3 heterocycles. The number of rotatable bonds is 5. The molecule has 2 aromatic rings. The molecule has 27 heavy (non-hydrogen) atoms. The first-order valence-electron chi connectivity index (χ1n) is 9.33. The Kier molecular flexibility index (Phi) is 5.15. The van der Waals surface area contributed by atoms with Gasteiger partial charge >= 0.3 is 12.6 Å². The van der Waals surface area contributed by atoms with Crippen molar-refractivity contribution >= 4 is 0 Å². The summed E-state index contributed by atoms with van der Waals surface area (Å²) in [5, 5.41) is 0. The number of hydrogen-bond donors (Lipinski definition) is 0. The van der Waals surface area contributed by atoms with Crippen LogP contribution in [0.4, 0.5) is 8.78 Å². The van der Waals surface area contributed by atoms with Crippen LogP contribution in [0, 0.1) is 0 Å². The standard InChI is InChI=1S/C19H22F2N4O2/c20-18(21)25-9-4-13(10-17(25)26)14-11-22-19(23-12-14)27-16-5-7-24(8-6-16)15-2-1-3-15/h4,9-12,15-16,18H,1-3,5-8H2. The molecule has 1 saturated carbocycles. The molecule has 2 aliphatic rings. The monoisotopic (exact) mass is 376 g/mol. The van der Waals surface area contributed by atoms with Crippen LogP contribution in [0.3, 0.4) is 0 Å². The highest BCUT2D eigenvalue weighted by Crippen LogP contribution is 2.28. The molecule has 1 aliphatic heterocycles. The average Bonchev–Trinajstić information content (AvgIpc) is 2.62. The molecule has 0 radical (unpaired) electrons. The number of halogens is 2. The second-order valence-electron chi connectivity index (χ2n) is 7.13. The van der Waals surface area contributed by atoms with E-state index in [-0.39, 0.29) is 6.10 Å². The number of likely N-dealkylation sites (tertiary alicyclic amines) is 1. The third kappa shape index (κ3) is 4.00. The van der Waals surface area contributed by atoms with Gasteiger partial charge in [-0.25, -0.2) is 9.97 Å². The number of hydrogen-bond acceptors (Lipinski definition) is 5. The zero-order valence-electron chi connectivity index (χ0n) is 14.9. The van der Waals surface area contributed by atoms with E-state index in [1.54, 1.807) is 12.4 Å². The van der Waals surface area contributed by atoms with E-state index in [1.165, 1.54) is 25.3 Å². The summed E-state index contributed by atoms with van der Waals surface area (Å²) in [4.78, 5) is 22.7. The normalized spacial score (nSPS) is 19.2. The van der Waals surface area contributed by atoms with Crippen molar-refractivity contribution in [2.24, 2.45) is 0 Å². The van der Waals surface area contributed by atoms with Crippen molar-refractivity contribution in [3.05, 3.63) is 41.1 Å². The first-order valence-corrected chi connectivity index (χ1v) is 9.33. The molecule has 0 atom stereocenters. The van der Waals surface area contributed by atoms with E-state index in [0.29, 0.717) is 21.7 Å². The quantitative estimate of drug-likeness (QED) is 0.803. The second kappa shape index (κ2) is 7.72. The summed E-state index contributed by atoms with van der Waals surface area (Å²) in [6.45, 7) is -0.754. The Morgan fingerprint density at radius 1 is 1.07 bits per heavy atom. The summed E-state index contributed by atoms with van der Waals surface area (Å²) in [6.07, 6.45) is 10.2. The Labute approximate surface area is 155 Å². The van der Waals surface area contributed by atoms with Crippen molar-refractivity contribution in [2.75, 3.05) is 13.1 Å². The van der Waals surface area contributed by atoms with E-state index in [9.17, 15) is 13.6 Å². The molecule has 2 fully saturated rings. The second-order valence-corrected chi connectivity index (χ2v) is 7.13. The predicted molar refractivity (Wildman–Crippen MR) is 95.8 cm³/mol. The number of pyridine rings is 1. The zero-order valence-corrected chi connectivity index (χ0v) is 14.9. The maximum Gasteiger partial charge on any atom is 0.321 e. The highest BCUT2D eigenvalue weighted by Gasteiger charge is 2.29. The Hall–Kier alpha value is -2.35. The fraction of sp³-hybridized carbons (Fsp3) is 0.526. The van der Waals surface area contributed by atoms with Gasteiger partial charge in [-0.3, -0.25) is 9.36 Å². The average molecular weight is 376 g/mol. The maximum absolute atomic E-state index is 12.6. The van der Waals surface area contributed by atoms with E-state index in [2.05, 4.69) is 14.9 Å². The largest absolute Gasteiger partial charge is 0.460 e. The lowest BCUT2D eigenvalue weighted by atomic mass is 9.90. The summed E-state index contributed by atoms with van der Waals surface area (Å²) in [7, 11) is 0. The van der Waals surface area contributed by atoms with Crippen LogP contribution < -0.4 is 10.3 Å². The molecule has 4 rings (SSSR count). The fourth-order valence-corrected chi connectivity index (χ4v) is 3.62. The molecule has 1 aliphatic carbocycles. The van der Waals surface area contributed by atoms with Gasteiger partial charge in [0.15, 0.2) is 0 Å². The van der Waals surface area contributed by atoms with Crippen molar-refractivity contribution < 1.29 is 13.5 Å². The van der Waals surface area contributed by atoms with Crippen LogP contribution in [-0.2, 0) is 0 Å². The van der Waals surface area contributed by atoms with E-state index in [0.717, 1.165) is 44.2 Å². The van der Waals surface area contributed by atoms with Crippen LogP contribution in [0.25, 0.3) is 11.1 Å². The molecule has 144 valence electrons. The van der Waals surface area contributed by atoms with Crippen LogP contribution in [0.5, 0.6) is 6.01 Å². The van der Waals surface area contributed by atoms with Crippen molar-refractivity contribution in [1.29, 1.82) is 0 Å². The highest BCUT2D eigenvalue weighted by molar-refractivity contribution is 5.60. The lowest BCUT2D eigenvalue weighted by molar-refractivity contribution is 0.0454. The summed E-state index contributed by atoms with van der Waals surface area (Å²) in [5.41, 5.74) is 0.318. The molecule has 8 heteroatoms. The zero-order chi connectivity index (χ0) is 18.8. The highest BCUT2D eigenvalue weighted by atomic mass is 19.3. The van der Waals surface area contributed by atoms with Gasteiger partial charge in [-0.15, -0.1) is 0 Å². The minimum atomic E-state index is -2.85. The van der Waals surface area contributed by atoms with Gasteiger partial charge in [0.2, 0.25) is 0 Å². The van der Waals surface area contributed by atoms with Gasteiger partial charge in [0, 0.05) is 49.4 Å². The molecule has 0 bridgehead atoms. The first-order chi connectivity index (χ1) is 13.1. The molecule has 2 aromatic heterocycles. The molecule has 0 unspecified atom stereocenters. The summed E-state index contributed by atoms with van der Waals surface area (Å²) < 4.78 is 31.6. The summed E-state index contributed by atoms with van der Waals surface area (Å²) in [5.74, 6) is 0. The third-order valence-electron chi connectivity index (χ3n) is 5.46. The van der Waals surface area contributed by atoms with Gasteiger partial charge < -0.3 is 9.64 Å². The van der Waals surface area contributed by atoms with Crippen LogP contribution in [-0.4, -0.2) is 44.7 Å². The molecule has 1 saturated heterocycles. The number of nitrogens with zero attached hydrogens (tertiary/aromatic N) is 4. The van der Waals surface area contributed by atoms with Gasteiger partial charge in [0.1, 0.15) is 6.10 Å². The van der Waals surface area contributed by atoms with Gasteiger partial charge in [0.25, 0.3) is 5.56 Å². The Morgan fingerprint density at radius 3 is 2.33 bits per heavy atom. The number of piperidine rings is 1. The van der Waals surface area contributed by atoms with E-state index >= 15 is 0 Å². The van der Waals surface area contributed by atoms with Crippen molar-refractivity contribution in [3.63, 3.8) is 0 Å². The lowest BCUT2D eigenvalue weighted by Crippen LogP contribution is -2.46. The molecule has 0 amide bonds. The third-order valence-corrected chi connectivity index (χ3v) is 5.46. The molecular formula is C19H22F2N4O2. The van der Waals surface area contributed by atoms with Crippen molar-refractivity contribution in [1.82, 2.24) is 19.4 Å². The molecule has 6 nitrogen and oxygen atoms in total. The van der Waals surface area contributed by atoms with Crippen LogP contribution in [0.2, 0.25) is 0 Å². The summed E-state index contributed by atoms with van der Waals surface area (Å²) >= 11 is 0. The Balaban J connectivity index is 1.36. The van der Waals surface area contributed by atoms with Gasteiger partial charge in [-0.1, -0.05) is 6.42 Å². The van der Waals surface area contributed by atoms with E-state index in [4.69, 9.17) is 4.74 Å². The Morgan fingerprint density at radius 2 is 1.78 bits per heavy atom. The fourth-order valence-electron chi connectivity index (χ4n) is 3.62. The van der Waals surface area contributed by atoms with Gasteiger partial charge in [-0.05, 0) is 37.3 Å². The lowest BCUT2D eigenvalue weighted by Gasteiger charge is -2.41. The van der Waals surface area contributed by atoms with Crippen molar-refractivity contribution in [2.45, 2.75) is 50.8 Å². The number of alkyl halides is 2. The predicted octanol–water partition coefficient (Wildman–Crippen LogP) is 3.10. The minimum Gasteiger partial charge on any atom is -0.460 e. The number of ether oxygens (including phenoxy) is 1. The first kappa shape index (κ1) is 18.0. The summed E-state index contributed by atoms with van der Waals surface area (Å²) in [6, 6.07) is 3.67. The van der Waals surface area contributed by atoms with Crippen LogP contribution in [0.1, 0.15) is 38.7 Å². The number of aromatic nitrogens is 3. The van der Waals surface area contributed by atoms with E-state index in [1.807, 2.05) is 0 Å². The molecular weight excluding hydrogens is 354 g/mol. The maximum atomic E-state index is 12.6. The smallest absolute Gasteiger partial charge is 0.321 e. The molecule has 0 aromatic carbocycles. The van der Waals surface area contributed by atoms with Gasteiger partial charge in [0.05, 0.1) is 0 Å². The van der Waals surface area contributed by atoms with Gasteiger partial charge in [-0.2, -0.15) is 8.78 Å². The SMILES string of the molecule is O=c1cc(-c2cnc(OC3CCN(C4CCC4)CC3)nc2)ccn1C(F)F. The molecule has 0 N–H and O–H groups in total. The van der Waals surface area contributed by atoms with Crippen LogP contribution >= 0.6 is 0 Å². The topological polar surface area (TPSA) is 60.2 Å². The Bertz CT molecular complexity index is 828. The van der Waals surface area contributed by atoms with E-state index < -0.39 is 12.1 Å².